The Morgan fingerprint density at radius 1 is 1.19 bits per heavy atom. The maximum absolute atomic E-state index is 13.1. The van der Waals surface area contributed by atoms with Gasteiger partial charge in [-0.05, 0) is 42.3 Å². The van der Waals surface area contributed by atoms with Gasteiger partial charge in [0.25, 0.3) is 0 Å². The highest BCUT2D eigenvalue weighted by molar-refractivity contribution is 6.30. The van der Waals surface area contributed by atoms with Gasteiger partial charge in [0.05, 0.1) is 12.1 Å². The van der Waals surface area contributed by atoms with Gasteiger partial charge in [-0.15, -0.1) is 0 Å². The summed E-state index contributed by atoms with van der Waals surface area (Å²) in [6.45, 7) is 2.17. The highest BCUT2D eigenvalue weighted by atomic mass is 35.5. The van der Waals surface area contributed by atoms with E-state index in [1.54, 1.807) is 19.2 Å². The molecule has 1 atom stereocenters. The maximum Gasteiger partial charge on any atom is 0.161 e. The molecule has 2 rings (SSSR count). The minimum Gasteiger partial charge on any atom is -0.493 e. The SMILES string of the molecule is COc1cc(C(C)N)ccc1OCc1ccc(F)c(Cl)c1. The molecule has 0 spiro atoms. The predicted molar refractivity (Wildman–Crippen MR) is 81.3 cm³/mol. The lowest BCUT2D eigenvalue weighted by atomic mass is 10.1. The summed E-state index contributed by atoms with van der Waals surface area (Å²) in [6, 6.07) is 9.95. The van der Waals surface area contributed by atoms with Gasteiger partial charge >= 0.3 is 0 Å². The van der Waals surface area contributed by atoms with E-state index < -0.39 is 5.82 Å². The second-order valence-corrected chi connectivity index (χ2v) is 5.14. The van der Waals surface area contributed by atoms with Crippen LogP contribution in [-0.2, 0) is 6.61 Å². The molecule has 0 amide bonds. The van der Waals surface area contributed by atoms with Crippen molar-refractivity contribution in [3.05, 3.63) is 58.4 Å². The average molecular weight is 310 g/mol. The second-order valence-electron chi connectivity index (χ2n) is 4.74. The third kappa shape index (κ3) is 3.86. The number of ether oxygens (including phenoxy) is 2. The molecule has 5 heteroatoms. The van der Waals surface area contributed by atoms with E-state index in [1.807, 2.05) is 25.1 Å². The van der Waals surface area contributed by atoms with Crippen LogP contribution in [0.4, 0.5) is 4.39 Å². The van der Waals surface area contributed by atoms with Crippen molar-refractivity contribution in [2.75, 3.05) is 7.11 Å². The molecule has 0 saturated heterocycles. The molecule has 0 radical (unpaired) electrons. The Balaban J connectivity index is 2.13. The highest BCUT2D eigenvalue weighted by Crippen LogP contribution is 2.30. The monoisotopic (exact) mass is 309 g/mol. The van der Waals surface area contributed by atoms with Crippen LogP contribution in [0.25, 0.3) is 0 Å². The average Bonchev–Trinajstić information content (AvgIpc) is 2.48. The predicted octanol–water partition coefficient (Wildman–Crippen LogP) is 4.09. The van der Waals surface area contributed by atoms with E-state index in [1.165, 1.54) is 6.07 Å². The van der Waals surface area contributed by atoms with Gasteiger partial charge in [-0.25, -0.2) is 4.39 Å². The maximum atomic E-state index is 13.1. The molecule has 112 valence electrons. The third-order valence-electron chi connectivity index (χ3n) is 3.09. The minimum atomic E-state index is -0.445. The molecular weight excluding hydrogens is 293 g/mol. The summed E-state index contributed by atoms with van der Waals surface area (Å²) in [6.07, 6.45) is 0. The van der Waals surface area contributed by atoms with Crippen LogP contribution in [-0.4, -0.2) is 7.11 Å². The fourth-order valence-corrected chi connectivity index (χ4v) is 2.08. The summed E-state index contributed by atoms with van der Waals surface area (Å²) < 4.78 is 24.1. The molecule has 1 unspecified atom stereocenters. The van der Waals surface area contributed by atoms with E-state index >= 15 is 0 Å². The lowest BCUT2D eigenvalue weighted by molar-refractivity contribution is 0.284. The number of hydrogen-bond donors (Lipinski definition) is 1. The first-order chi connectivity index (χ1) is 10.0. The summed E-state index contributed by atoms with van der Waals surface area (Å²) in [4.78, 5) is 0. The molecule has 0 aromatic heterocycles. The molecule has 2 N–H and O–H groups in total. The first kappa shape index (κ1) is 15.6. The fourth-order valence-electron chi connectivity index (χ4n) is 1.88. The Kier molecular flexibility index (Phi) is 5.04. The van der Waals surface area contributed by atoms with E-state index in [0.717, 1.165) is 11.1 Å². The quantitative estimate of drug-likeness (QED) is 0.905. The van der Waals surface area contributed by atoms with Crippen LogP contribution < -0.4 is 15.2 Å². The standard InChI is InChI=1S/C16H17ClFNO2/c1-10(19)12-4-6-15(16(8-12)20-2)21-9-11-3-5-14(18)13(17)7-11/h3-8,10H,9,19H2,1-2H3. The molecule has 2 aromatic rings. The lowest BCUT2D eigenvalue weighted by Gasteiger charge is -2.14. The van der Waals surface area contributed by atoms with Crippen LogP contribution in [0.5, 0.6) is 11.5 Å². The van der Waals surface area contributed by atoms with E-state index in [2.05, 4.69) is 0 Å². The van der Waals surface area contributed by atoms with E-state index in [0.29, 0.717) is 11.5 Å². The van der Waals surface area contributed by atoms with Crippen molar-refractivity contribution in [1.82, 2.24) is 0 Å². The third-order valence-corrected chi connectivity index (χ3v) is 3.38. The largest absolute Gasteiger partial charge is 0.493 e. The number of rotatable bonds is 5. The number of nitrogens with two attached hydrogens (primary N) is 1. The van der Waals surface area contributed by atoms with Crippen molar-refractivity contribution in [2.24, 2.45) is 5.73 Å². The fraction of sp³-hybridized carbons (Fsp3) is 0.250. The van der Waals surface area contributed by atoms with Crippen LogP contribution in [0.15, 0.2) is 36.4 Å². The molecular formula is C16H17ClFNO2. The molecule has 0 heterocycles. The smallest absolute Gasteiger partial charge is 0.161 e. The van der Waals surface area contributed by atoms with Gasteiger partial charge in [0.1, 0.15) is 12.4 Å². The molecule has 3 nitrogen and oxygen atoms in total. The van der Waals surface area contributed by atoms with Gasteiger partial charge in [0.15, 0.2) is 11.5 Å². The number of methoxy groups -OCH3 is 1. The van der Waals surface area contributed by atoms with Gasteiger partial charge < -0.3 is 15.2 Å². The van der Waals surface area contributed by atoms with Crippen molar-refractivity contribution in [1.29, 1.82) is 0 Å². The minimum absolute atomic E-state index is 0.0790. The van der Waals surface area contributed by atoms with Gasteiger partial charge in [0.2, 0.25) is 0 Å². The molecule has 21 heavy (non-hydrogen) atoms. The van der Waals surface area contributed by atoms with Crippen LogP contribution in [0.3, 0.4) is 0 Å². The molecule has 0 fully saturated rings. The van der Waals surface area contributed by atoms with Gasteiger partial charge in [-0.3, -0.25) is 0 Å². The molecule has 0 saturated carbocycles. The Morgan fingerprint density at radius 2 is 1.95 bits per heavy atom. The second kappa shape index (κ2) is 6.78. The van der Waals surface area contributed by atoms with Crippen LogP contribution in [0.2, 0.25) is 5.02 Å². The van der Waals surface area contributed by atoms with Crippen molar-refractivity contribution in [3.8, 4) is 11.5 Å². The number of benzene rings is 2. The summed E-state index contributed by atoms with van der Waals surface area (Å²) in [7, 11) is 1.57. The summed E-state index contributed by atoms with van der Waals surface area (Å²) in [5.41, 5.74) is 7.58. The number of halogens is 2. The summed E-state index contributed by atoms with van der Waals surface area (Å²) in [5, 5.41) is 0.0790. The van der Waals surface area contributed by atoms with Crippen LogP contribution in [0, 0.1) is 5.82 Å². The first-order valence-corrected chi connectivity index (χ1v) is 6.89. The zero-order valence-electron chi connectivity index (χ0n) is 11.9. The normalized spacial score (nSPS) is 12.0. The summed E-state index contributed by atoms with van der Waals surface area (Å²) in [5.74, 6) is 0.764. The van der Waals surface area contributed by atoms with Gasteiger partial charge in [-0.2, -0.15) is 0 Å². The first-order valence-electron chi connectivity index (χ1n) is 6.51. The Morgan fingerprint density at radius 3 is 2.57 bits per heavy atom. The Labute approximate surface area is 128 Å². The zero-order chi connectivity index (χ0) is 15.4. The van der Waals surface area contributed by atoms with Crippen molar-refractivity contribution in [2.45, 2.75) is 19.6 Å². The van der Waals surface area contributed by atoms with Gasteiger partial charge in [-0.1, -0.05) is 23.7 Å². The number of hydrogen-bond acceptors (Lipinski definition) is 3. The molecule has 0 aliphatic heterocycles. The van der Waals surface area contributed by atoms with Crippen LogP contribution in [0.1, 0.15) is 24.1 Å². The Bertz CT molecular complexity index is 632. The lowest BCUT2D eigenvalue weighted by Crippen LogP contribution is -2.05. The summed E-state index contributed by atoms with van der Waals surface area (Å²) >= 11 is 5.74. The van der Waals surface area contributed by atoms with E-state index in [4.69, 9.17) is 26.8 Å². The zero-order valence-corrected chi connectivity index (χ0v) is 12.7. The van der Waals surface area contributed by atoms with Gasteiger partial charge in [0, 0.05) is 6.04 Å². The highest BCUT2D eigenvalue weighted by Gasteiger charge is 2.09. The van der Waals surface area contributed by atoms with Crippen molar-refractivity contribution >= 4 is 11.6 Å². The van der Waals surface area contributed by atoms with E-state index in [-0.39, 0.29) is 17.7 Å². The molecule has 0 bridgehead atoms. The van der Waals surface area contributed by atoms with Crippen LogP contribution >= 0.6 is 11.6 Å². The van der Waals surface area contributed by atoms with E-state index in [9.17, 15) is 4.39 Å². The molecule has 0 aliphatic carbocycles. The Hall–Kier alpha value is -1.78. The molecule has 0 aliphatic rings. The van der Waals surface area contributed by atoms with Crippen molar-refractivity contribution < 1.29 is 13.9 Å². The molecule has 2 aromatic carbocycles. The topological polar surface area (TPSA) is 44.5 Å². The van der Waals surface area contributed by atoms with Crippen molar-refractivity contribution in [3.63, 3.8) is 0 Å².